The van der Waals surface area contributed by atoms with Gasteiger partial charge in [0.15, 0.2) is 5.82 Å². The Labute approximate surface area is 161 Å². The summed E-state index contributed by atoms with van der Waals surface area (Å²) in [7, 11) is -2.23. The summed E-state index contributed by atoms with van der Waals surface area (Å²) in [5.74, 6) is 0.512. The van der Waals surface area contributed by atoms with Crippen LogP contribution in [0, 0.1) is 0 Å². The van der Waals surface area contributed by atoms with E-state index >= 15 is 0 Å². The monoisotopic (exact) mass is 438 g/mol. The number of hydrogen-bond donors (Lipinski definition) is 1. The van der Waals surface area contributed by atoms with Gasteiger partial charge in [0.25, 0.3) is 10.0 Å². The number of sulfonamides is 1. The quantitative estimate of drug-likeness (QED) is 0.655. The number of halogens is 3. The number of aromatic nitrogens is 5. The molecule has 8 nitrogen and oxygen atoms in total. The highest BCUT2D eigenvalue weighted by Gasteiger charge is 2.22. The fourth-order valence-corrected chi connectivity index (χ4v) is 5.02. The normalized spacial score (nSPS) is 11.7. The molecule has 0 saturated carbocycles. The second kappa shape index (κ2) is 7.04. The molecule has 3 rings (SSSR count). The van der Waals surface area contributed by atoms with Crippen molar-refractivity contribution in [3.8, 4) is 0 Å². The van der Waals surface area contributed by atoms with Crippen LogP contribution in [-0.4, -0.2) is 33.6 Å². The van der Waals surface area contributed by atoms with E-state index in [2.05, 4.69) is 25.2 Å². The van der Waals surface area contributed by atoms with E-state index in [1.54, 1.807) is 7.05 Å². The molecule has 0 unspecified atom stereocenters. The van der Waals surface area contributed by atoms with Crippen molar-refractivity contribution in [2.45, 2.75) is 10.6 Å². The van der Waals surface area contributed by atoms with Crippen molar-refractivity contribution in [2.24, 2.45) is 7.05 Å². The number of thiophene rings is 1. The van der Waals surface area contributed by atoms with Crippen molar-refractivity contribution in [1.29, 1.82) is 0 Å². The molecule has 1 N–H and O–H groups in total. The first kappa shape index (κ1) is 18.3. The molecule has 0 fully saturated rings. The zero-order valence-electron chi connectivity index (χ0n) is 12.4. The van der Waals surface area contributed by atoms with E-state index in [0.717, 1.165) is 11.3 Å². The van der Waals surface area contributed by atoms with Gasteiger partial charge in [0.05, 0.1) is 27.8 Å². The van der Waals surface area contributed by atoms with Crippen LogP contribution in [0.25, 0.3) is 0 Å². The first-order chi connectivity index (χ1) is 11.8. The first-order valence-electron chi connectivity index (χ1n) is 6.59. The van der Waals surface area contributed by atoms with Crippen molar-refractivity contribution in [2.75, 3.05) is 4.72 Å². The molecule has 0 spiro atoms. The molecule has 25 heavy (non-hydrogen) atoms. The lowest BCUT2D eigenvalue weighted by Crippen LogP contribution is -2.14. The average Bonchev–Trinajstić information content (AvgIpc) is 3.09. The summed E-state index contributed by atoms with van der Waals surface area (Å²) < 4.78 is 29.2. The van der Waals surface area contributed by atoms with Crippen LogP contribution in [0.5, 0.6) is 0 Å². The highest BCUT2D eigenvalue weighted by molar-refractivity contribution is 7.94. The topological polar surface area (TPSA) is 103 Å². The third-order valence-corrected chi connectivity index (χ3v) is 7.01. The molecule has 0 aliphatic heterocycles. The Bertz CT molecular complexity index is 1010. The van der Waals surface area contributed by atoms with Gasteiger partial charge in [0, 0.05) is 13.2 Å². The molecule has 0 bridgehead atoms. The summed E-state index contributed by atoms with van der Waals surface area (Å²) in [4.78, 5) is 4.18. The molecule has 0 atom stereocenters. The van der Waals surface area contributed by atoms with Gasteiger partial charge in [-0.15, -0.1) is 16.4 Å². The molecule has 132 valence electrons. The van der Waals surface area contributed by atoms with E-state index in [4.69, 9.17) is 34.8 Å². The van der Waals surface area contributed by atoms with Crippen molar-refractivity contribution in [3.05, 3.63) is 44.2 Å². The highest BCUT2D eigenvalue weighted by atomic mass is 35.5. The molecule has 3 heterocycles. The lowest BCUT2D eigenvalue weighted by molar-refractivity contribution is 0.603. The van der Waals surface area contributed by atoms with Crippen LogP contribution in [-0.2, 0) is 23.5 Å². The molecular formula is C12H9Cl3N6O2S2. The summed E-state index contributed by atoms with van der Waals surface area (Å²) in [5.41, 5.74) is 0.635. The molecule has 0 radical (unpaired) electrons. The third-order valence-electron chi connectivity index (χ3n) is 3.10. The van der Waals surface area contributed by atoms with E-state index in [0.29, 0.717) is 11.5 Å². The lowest BCUT2D eigenvalue weighted by atomic mass is 10.2. The first-order valence-corrected chi connectivity index (χ1v) is 10.0. The summed E-state index contributed by atoms with van der Waals surface area (Å²) in [6.07, 6.45) is 1.63. The van der Waals surface area contributed by atoms with Gasteiger partial charge in [0.2, 0.25) is 0 Å². The number of hydrogen-bond acceptors (Lipinski definition) is 7. The Kier molecular flexibility index (Phi) is 5.16. The van der Waals surface area contributed by atoms with E-state index in [-0.39, 0.29) is 30.7 Å². The zero-order chi connectivity index (χ0) is 18.2. The van der Waals surface area contributed by atoms with Crippen LogP contribution in [0.15, 0.2) is 22.5 Å². The van der Waals surface area contributed by atoms with Crippen molar-refractivity contribution < 1.29 is 8.42 Å². The van der Waals surface area contributed by atoms with Crippen molar-refractivity contribution in [1.82, 2.24) is 25.2 Å². The maximum atomic E-state index is 12.6. The minimum absolute atomic E-state index is 0.0197. The molecule has 0 aromatic carbocycles. The molecule has 13 heteroatoms. The fraction of sp³-hybridized carbons (Fsp3) is 0.167. The van der Waals surface area contributed by atoms with Crippen LogP contribution in [0.1, 0.15) is 11.5 Å². The van der Waals surface area contributed by atoms with E-state index in [9.17, 15) is 8.42 Å². The Morgan fingerprint density at radius 2 is 2.04 bits per heavy atom. The van der Waals surface area contributed by atoms with Gasteiger partial charge in [0.1, 0.15) is 8.55 Å². The summed E-state index contributed by atoms with van der Waals surface area (Å²) in [6, 6.07) is 2.74. The van der Waals surface area contributed by atoms with E-state index in [1.165, 1.54) is 23.0 Å². The van der Waals surface area contributed by atoms with Crippen molar-refractivity contribution >= 4 is 61.9 Å². The molecule has 0 aliphatic carbocycles. The van der Waals surface area contributed by atoms with Crippen LogP contribution >= 0.6 is 46.1 Å². The smallest absolute Gasteiger partial charge is 0.271 e. The van der Waals surface area contributed by atoms with Crippen LogP contribution in [0.4, 0.5) is 5.69 Å². The van der Waals surface area contributed by atoms with Gasteiger partial charge in [-0.05, 0) is 22.6 Å². The number of aryl methyl sites for hydroxylation is 1. The molecule has 3 aromatic rings. The van der Waals surface area contributed by atoms with Gasteiger partial charge in [-0.2, -0.15) is 0 Å². The Morgan fingerprint density at radius 1 is 1.28 bits per heavy atom. The number of pyridine rings is 1. The summed E-state index contributed by atoms with van der Waals surface area (Å²) in [6.45, 7) is 0. The van der Waals surface area contributed by atoms with Crippen molar-refractivity contribution in [3.63, 3.8) is 0 Å². The van der Waals surface area contributed by atoms with Gasteiger partial charge in [-0.3, -0.25) is 9.71 Å². The Hall–Kier alpha value is -1.46. The number of rotatable bonds is 5. The lowest BCUT2D eigenvalue weighted by Gasteiger charge is -2.11. The number of tetrazole rings is 1. The van der Waals surface area contributed by atoms with Crippen LogP contribution < -0.4 is 4.72 Å². The highest BCUT2D eigenvalue weighted by Crippen LogP contribution is 2.35. The Balaban J connectivity index is 1.96. The van der Waals surface area contributed by atoms with Gasteiger partial charge in [-0.1, -0.05) is 34.8 Å². The maximum absolute atomic E-state index is 12.6. The van der Waals surface area contributed by atoms with Gasteiger partial charge in [-0.25, -0.2) is 13.1 Å². The number of nitrogens with one attached hydrogen (secondary N) is 1. The second-order valence-corrected chi connectivity index (χ2v) is 9.24. The average molecular weight is 440 g/mol. The van der Waals surface area contributed by atoms with Crippen LogP contribution in [0.3, 0.4) is 0 Å². The molecule has 0 aliphatic rings. The fourth-order valence-electron chi connectivity index (χ4n) is 1.90. The maximum Gasteiger partial charge on any atom is 0.271 e. The van der Waals surface area contributed by atoms with Gasteiger partial charge >= 0.3 is 0 Å². The molecule has 0 amide bonds. The van der Waals surface area contributed by atoms with E-state index in [1.807, 2.05) is 0 Å². The number of nitrogens with zero attached hydrogens (tertiary/aromatic N) is 5. The molecular weight excluding hydrogens is 431 g/mol. The Morgan fingerprint density at radius 3 is 2.64 bits per heavy atom. The predicted octanol–water partition coefficient (Wildman–Crippen LogP) is 3.02. The SMILES string of the molecule is Cn1nnnc1Cc1ncc(Cl)cc1NS(=O)(=O)c1cc(Cl)c(Cl)s1. The largest absolute Gasteiger partial charge is 0.277 e. The third kappa shape index (κ3) is 4.04. The standard InChI is InChI=1S/C12H9Cl3N6O2S2/c1-21-10(17-19-20-21)4-8-9(2-6(13)5-16-8)18-25(22,23)11-3-7(14)12(15)24-11/h2-3,5,18H,4H2,1H3. The second-order valence-electron chi connectivity index (χ2n) is 4.84. The molecule has 3 aromatic heterocycles. The minimum Gasteiger partial charge on any atom is -0.277 e. The minimum atomic E-state index is -3.90. The number of anilines is 1. The van der Waals surface area contributed by atoms with Gasteiger partial charge < -0.3 is 0 Å². The summed E-state index contributed by atoms with van der Waals surface area (Å²) in [5, 5.41) is 11.6. The van der Waals surface area contributed by atoms with Crippen LogP contribution in [0.2, 0.25) is 14.4 Å². The summed E-state index contributed by atoms with van der Waals surface area (Å²) >= 11 is 18.5. The van der Waals surface area contributed by atoms with E-state index < -0.39 is 10.0 Å². The zero-order valence-corrected chi connectivity index (χ0v) is 16.3. The predicted molar refractivity (Wildman–Crippen MR) is 96.0 cm³/mol. The molecule has 0 saturated heterocycles.